The predicted molar refractivity (Wildman–Crippen MR) is 94.2 cm³/mol. The number of carbonyl (C=O) groups excluding carboxylic acids is 2. The van der Waals surface area contributed by atoms with Gasteiger partial charge in [-0.05, 0) is 42.5 Å². The minimum Gasteiger partial charge on any atom is -0.378 e. The third kappa shape index (κ3) is 5.03. The van der Waals surface area contributed by atoms with E-state index in [2.05, 4.69) is 16.0 Å². The zero-order chi connectivity index (χ0) is 16.8. The number of rotatable bonds is 4. The van der Waals surface area contributed by atoms with Crippen molar-refractivity contribution in [1.29, 1.82) is 0 Å². The van der Waals surface area contributed by atoms with Gasteiger partial charge in [-0.25, -0.2) is 4.79 Å². The summed E-state index contributed by atoms with van der Waals surface area (Å²) in [5, 5.41) is 8.16. The summed E-state index contributed by atoms with van der Waals surface area (Å²) < 4.78 is 0. The second-order valence-corrected chi connectivity index (χ2v) is 5.28. The molecule has 0 aliphatic rings. The molecular weight excluding hydrogens is 292 g/mol. The first-order chi connectivity index (χ1) is 10.9. The van der Waals surface area contributed by atoms with Crippen molar-refractivity contribution in [1.82, 2.24) is 0 Å². The highest BCUT2D eigenvalue weighted by atomic mass is 16.2. The molecule has 0 unspecified atom stereocenters. The van der Waals surface area contributed by atoms with Crippen LogP contribution in [0.2, 0.25) is 0 Å². The van der Waals surface area contributed by atoms with Crippen molar-refractivity contribution < 1.29 is 9.59 Å². The molecule has 0 aliphatic carbocycles. The molecule has 2 aromatic rings. The van der Waals surface area contributed by atoms with Gasteiger partial charge in [-0.3, -0.25) is 4.79 Å². The van der Waals surface area contributed by atoms with E-state index >= 15 is 0 Å². The summed E-state index contributed by atoms with van der Waals surface area (Å²) in [6, 6.07) is 14.1. The highest BCUT2D eigenvalue weighted by Crippen LogP contribution is 2.17. The first-order valence-corrected chi connectivity index (χ1v) is 7.17. The van der Waals surface area contributed by atoms with Crippen LogP contribution >= 0.6 is 0 Å². The number of hydrogen-bond acceptors (Lipinski definition) is 3. The molecule has 120 valence electrons. The van der Waals surface area contributed by atoms with E-state index in [1.807, 2.05) is 43.3 Å². The van der Waals surface area contributed by atoms with Crippen LogP contribution in [-0.2, 0) is 4.79 Å². The Morgan fingerprint density at radius 2 is 1.39 bits per heavy atom. The number of urea groups is 1. The van der Waals surface area contributed by atoms with Gasteiger partial charge in [-0.15, -0.1) is 0 Å². The number of hydrogen-bond donors (Lipinski definition) is 3. The first-order valence-electron chi connectivity index (χ1n) is 7.17. The van der Waals surface area contributed by atoms with E-state index in [0.717, 1.165) is 5.69 Å². The number of carbonyl (C=O) groups is 2. The van der Waals surface area contributed by atoms with Gasteiger partial charge >= 0.3 is 6.03 Å². The van der Waals surface area contributed by atoms with Crippen LogP contribution in [-0.4, -0.2) is 26.0 Å². The van der Waals surface area contributed by atoms with E-state index < -0.39 is 0 Å². The third-order valence-electron chi connectivity index (χ3n) is 3.08. The van der Waals surface area contributed by atoms with E-state index in [0.29, 0.717) is 17.1 Å². The van der Waals surface area contributed by atoms with Gasteiger partial charge in [0.05, 0.1) is 0 Å². The number of benzene rings is 2. The summed E-state index contributed by atoms with van der Waals surface area (Å²) in [7, 11) is 3.91. The summed E-state index contributed by atoms with van der Waals surface area (Å²) in [5.41, 5.74) is 2.98. The van der Waals surface area contributed by atoms with Gasteiger partial charge in [0, 0.05) is 43.8 Å². The lowest BCUT2D eigenvalue weighted by Gasteiger charge is -2.13. The molecule has 23 heavy (non-hydrogen) atoms. The lowest BCUT2D eigenvalue weighted by molar-refractivity contribution is -0.114. The van der Waals surface area contributed by atoms with E-state index in [1.165, 1.54) is 6.92 Å². The van der Waals surface area contributed by atoms with Gasteiger partial charge in [0.1, 0.15) is 0 Å². The Hall–Kier alpha value is -3.02. The smallest absolute Gasteiger partial charge is 0.323 e. The summed E-state index contributed by atoms with van der Waals surface area (Å²) in [4.78, 5) is 25.0. The van der Waals surface area contributed by atoms with Crippen molar-refractivity contribution in [2.75, 3.05) is 34.9 Å². The summed E-state index contributed by atoms with van der Waals surface area (Å²) >= 11 is 0. The van der Waals surface area contributed by atoms with Crippen LogP contribution in [0.15, 0.2) is 48.5 Å². The van der Waals surface area contributed by atoms with Gasteiger partial charge < -0.3 is 20.9 Å². The minimum absolute atomic E-state index is 0.160. The van der Waals surface area contributed by atoms with Crippen molar-refractivity contribution in [3.8, 4) is 0 Å². The Bertz CT molecular complexity index is 696. The van der Waals surface area contributed by atoms with E-state index in [4.69, 9.17) is 0 Å². The molecule has 6 heteroatoms. The van der Waals surface area contributed by atoms with Crippen LogP contribution in [0.25, 0.3) is 0 Å². The van der Waals surface area contributed by atoms with Crippen LogP contribution in [0, 0.1) is 0 Å². The van der Waals surface area contributed by atoms with Crippen molar-refractivity contribution in [2.24, 2.45) is 0 Å². The molecule has 0 aromatic heterocycles. The minimum atomic E-state index is -0.345. The van der Waals surface area contributed by atoms with Crippen molar-refractivity contribution in [3.63, 3.8) is 0 Å². The lowest BCUT2D eigenvalue weighted by Crippen LogP contribution is -2.19. The molecule has 3 N–H and O–H groups in total. The summed E-state index contributed by atoms with van der Waals surface area (Å²) in [6.45, 7) is 1.43. The molecule has 3 amide bonds. The zero-order valence-electron chi connectivity index (χ0n) is 13.4. The third-order valence-corrected chi connectivity index (χ3v) is 3.08. The Kier molecular flexibility index (Phi) is 5.19. The van der Waals surface area contributed by atoms with E-state index in [1.54, 1.807) is 24.3 Å². The fourth-order valence-electron chi connectivity index (χ4n) is 2.01. The summed E-state index contributed by atoms with van der Waals surface area (Å²) in [6.07, 6.45) is 0. The summed E-state index contributed by atoms with van der Waals surface area (Å²) in [5.74, 6) is -0.160. The molecule has 0 saturated carbocycles. The second-order valence-electron chi connectivity index (χ2n) is 5.28. The molecule has 0 heterocycles. The standard InChI is InChI=1S/C17H20N4O2/c1-12(22)18-14-5-4-6-15(11-14)20-17(23)19-13-7-9-16(10-8-13)21(2)3/h4-11H,1-3H3,(H,18,22)(H2,19,20,23). The monoisotopic (exact) mass is 312 g/mol. The SMILES string of the molecule is CC(=O)Nc1cccc(NC(=O)Nc2ccc(N(C)C)cc2)c1. The van der Waals surface area contributed by atoms with Gasteiger partial charge in [-0.1, -0.05) is 6.07 Å². The van der Waals surface area contributed by atoms with Crippen molar-refractivity contribution in [2.45, 2.75) is 6.92 Å². The molecule has 0 saturated heterocycles. The number of amides is 3. The van der Waals surface area contributed by atoms with Gasteiger partial charge in [0.25, 0.3) is 0 Å². The lowest BCUT2D eigenvalue weighted by atomic mass is 10.2. The molecule has 0 radical (unpaired) electrons. The van der Waals surface area contributed by atoms with Crippen molar-refractivity contribution >= 4 is 34.7 Å². The van der Waals surface area contributed by atoms with Gasteiger partial charge in [0.15, 0.2) is 0 Å². The molecular formula is C17H20N4O2. The van der Waals surface area contributed by atoms with Crippen LogP contribution in [0.4, 0.5) is 27.5 Å². The average molecular weight is 312 g/mol. The fourth-order valence-corrected chi connectivity index (χ4v) is 2.01. The Labute approximate surface area is 135 Å². The molecule has 0 spiro atoms. The number of anilines is 4. The van der Waals surface area contributed by atoms with Gasteiger partial charge in [0.2, 0.25) is 5.91 Å². The van der Waals surface area contributed by atoms with E-state index in [-0.39, 0.29) is 11.9 Å². The maximum absolute atomic E-state index is 12.0. The predicted octanol–water partition coefficient (Wildman–Crippen LogP) is 3.36. The zero-order valence-corrected chi connectivity index (χ0v) is 13.4. The maximum Gasteiger partial charge on any atom is 0.323 e. The highest BCUT2D eigenvalue weighted by molar-refractivity contribution is 6.00. The highest BCUT2D eigenvalue weighted by Gasteiger charge is 2.04. The molecule has 2 aromatic carbocycles. The first kappa shape index (κ1) is 16.4. The largest absolute Gasteiger partial charge is 0.378 e. The van der Waals surface area contributed by atoms with Crippen LogP contribution < -0.4 is 20.9 Å². The molecule has 0 aliphatic heterocycles. The fraction of sp³-hybridized carbons (Fsp3) is 0.176. The van der Waals surface area contributed by atoms with Crippen LogP contribution in [0.1, 0.15) is 6.92 Å². The maximum atomic E-state index is 12.0. The normalized spacial score (nSPS) is 9.87. The Morgan fingerprint density at radius 3 is 1.96 bits per heavy atom. The molecule has 6 nitrogen and oxygen atoms in total. The van der Waals surface area contributed by atoms with Crippen molar-refractivity contribution in [3.05, 3.63) is 48.5 Å². The topological polar surface area (TPSA) is 73.5 Å². The molecule has 0 bridgehead atoms. The van der Waals surface area contributed by atoms with Gasteiger partial charge in [-0.2, -0.15) is 0 Å². The molecule has 0 atom stereocenters. The number of nitrogens with one attached hydrogen (secondary N) is 3. The second kappa shape index (κ2) is 7.31. The Balaban J connectivity index is 1.97. The Morgan fingerprint density at radius 1 is 0.826 bits per heavy atom. The van der Waals surface area contributed by atoms with Crippen LogP contribution in [0.3, 0.4) is 0 Å². The van der Waals surface area contributed by atoms with Crippen LogP contribution in [0.5, 0.6) is 0 Å². The number of nitrogens with zero attached hydrogens (tertiary/aromatic N) is 1. The average Bonchev–Trinajstić information content (AvgIpc) is 2.47. The molecule has 0 fully saturated rings. The molecule has 2 rings (SSSR count). The quantitative estimate of drug-likeness (QED) is 0.810. The van der Waals surface area contributed by atoms with E-state index in [9.17, 15) is 9.59 Å².